The highest BCUT2D eigenvalue weighted by Crippen LogP contribution is 2.25. The van der Waals surface area contributed by atoms with Crippen LogP contribution in [0, 0.1) is 16.0 Å². The van der Waals surface area contributed by atoms with Gasteiger partial charge >= 0.3 is 5.97 Å². The second kappa shape index (κ2) is 14.6. The number of methoxy groups -OCH3 is 1. The molecule has 0 radical (unpaired) electrons. The molecule has 0 N–H and O–H groups in total. The van der Waals surface area contributed by atoms with Gasteiger partial charge in [0.15, 0.2) is 12.6 Å². The van der Waals surface area contributed by atoms with E-state index < -0.39 is 22.6 Å². The van der Waals surface area contributed by atoms with Crippen molar-refractivity contribution in [2.45, 2.75) is 19.8 Å². The lowest BCUT2D eigenvalue weighted by atomic mass is 9.93. The number of nitro groups is 1. The first kappa shape index (κ1) is 26.7. The Bertz CT molecular complexity index is 948. The number of ketones is 1. The average Bonchev–Trinajstić information content (AvgIpc) is 2.84. The van der Waals surface area contributed by atoms with Crippen molar-refractivity contribution in [3.63, 3.8) is 0 Å². The zero-order valence-electron chi connectivity index (χ0n) is 19.3. The molecule has 0 fully saturated rings. The molecule has 10 heteroatoms. The molecule has 0 aliphatic heterocycles. The number of hydrogen-bond donors (Lipinski definition) is 0. The van der Waals surface area contributed by atoms with Gasteiger partial charge in [-0.15, -0.1) is 0 Å². The van der Waals surface area contributed by atoms with E-state index in [2.05, 4.69) is 0 Å². The fraction of sp³-hybridized carbons (Fsp3) is 0.417. The van der Waals surface area contributed by atoms with Gasteiger partial charge in [0, 0.05) is 13.2 Å². The van der Waals surface area contributed by atoms with Crippen LogP contribution in [0.25, 0.3) is 0 Å². The molecule has 2 aromatic carbocycles. The number of benzene rings is 2. The molecule has 0 aliphatic carbocycles. The largest absolute Gasteiger partial charge is 0.493 e. The van der Waals surface area contributed by atoms with Crippen molar-refractivity contribution in [2.24, 2.45) is 5.92 Å². The molecule has 0 amide bonds. The van der Waals surface area contributed by atoms with E-state index in [0.717, 1.165) is 0 Å². The number of Topliss-reactive ketones (excluding diaryl/α,β-unsaturated/α-hetero) is 1. The molecule has 0 spiro atoms. The summed E-state index contributed by atoms with van der Waals surface area (Å²) >= 11 is 0. The zero-order valence-corrected chi connectivity index (χ0v) is 19.3. The summed E-state index contributed by atoms with van der Waals surface area (Å²) in [6.07, 6.45) is 0.520. The van der Waals surface area contributed by atoms with E-state index in [9.17, 15) is 19.7 Å². The predicted octanol–water partition coefficient (Wildman–Crippen LogP) is 3.82. The normalized spacial score (nSPS) is 11.5. The van der Waals surface area contributed by atoms with Crippen LogP contribution in [-0.4, -0.2) is 57.0 Å². The lowest BCUT2D eigenvalue weighted by molar-refractivity contribution is -0.384. The minimum Gasteiger partial charge on any atom is -0.493 e. The van der Waals surface area contributed by atoms with Gasteiger partial charge in [-0.1, -0.05) is 18.2 Å². The number of ether oxygens (including phenoxy) is 5. The van der Waals surface area contributed by atoms with Crippen molar-refractivity contribution in [1.82, 2.24) is 0 Å². The third-order valence-electron chi connectivity index (χ3n) is 4.70. The van der Waals surface area contributed by atoms with Gasteiger partial charge in [0.05, 0.1) is 43.0 Å². The highest BCUT2D eigenvalue weighted by atomic mass is 16.7. The number of para-hydroxylation sites is 1. The molecule has 184 valence electrons. The van der Waals surface area contributed by atoms with Crippen molar-refractivity contribution in [1.29, 1.82) is 0 Å². The lowest BCUT2D eigenvalue weighted by Crippen LogP contribution is -2.27. The van der Waals surface area contributed by atoms with E-state index in [0.29, 0.717) is 31.1 Å². The van der Waals surface area contributed by atoms with Crippen LogP contribution in [0.4, 0.5) is 5.69 Å². The molecule has 34 heavy (non-hydrogen) atoms. The van der Waals surface area contributed by atoms with E-state index >= 15 is 0 Å². The molecule has 2 aromatic rings. The Labute approximate surface area is 197 Å². The van der Waals surface area contributed by atoms with E-state index in [1.807, 2.05) is 0 Å². The number of non-ortho nitro benzene ring substituents is 1. The Hall–Kier alpha value is -3.50. The van der Waals surface area contributed by atoms with Crippen LogP contribution in [0.15, 0.2) is 48.5 Å². The fourth-order valence-electron chi connectivity index (χ4n) is 3.05. The number of hydrogen-bond acceptors (Lipinski definition) is 9. The standard InChI is InChI=1S/C24H29NO9/c1-3-32-24(27)21(11-7-13-33-19-9-6-8-18(16-19)25(28)29)23(26)20-10-4-5-12-22(20)34-17-31-15-14-30-2/h4-6,8-10,12,16,21H,3,7,11,13-15,17H2,1-2H3. The van der Waals surface area contributed by atoms with Gasteiger partial charge in [-0.3, -0.25) is 19.7 Å². The molecule has 0 aliphatic rings. The van der Waals surface area contributed by atoms with Crippen LogP contribution in [-0.2, 0) is 19.0 Å². The molecule has 0 saturated carbocycles. The summed E-state index contributed by atoms with van der Waals surface area (Å²) < 4.78 is 26.5. The maximum Gasteiger partial charge on any atom is 0.316 e. The smallest absolute Gasteiger partial charge is 0.316 e. The van der Waals surface area contributed by atoms with Crippen molar-refractivity contribution < 1.29 is 38.2 Å². The van der Waals surface area contributed by atoms with Crippen LogP contribution in [0.3, 0.4) is 0 Å². The Morgan fingerprint density at radius 1 is 1.03 bits per heavy atom. The Kier molecular flexibility index (Phi) is 11.5. The number of rotatable bonds is 16. The van der Waals surface area contributed by atoms with Gasteiger partial charge < -0.3 is 23.7 Å². The minimum absolute atomic E-state index is 0.0746. The molecular formula is C24H29NO9. The van der Waals surface area contributed by atoms with Gasteiger partial charge in [0.25, 0.3) is 5.69 Å². The Morgan fingerprint density at radius 2 is 1.82 bits per heavy atom. The lowest BCUT2D eigenvalue weighted by Gasteiger charge is -2.17. The van der Waals surface area contributed by atoms with E-state index in [1.54, 1.807) is 44.4 Å². The quantitative estimate of drug-likeness (QED) is 0.0678. The predicted molar refractivity (Wildman–Crippen MR) is 122 cm³/mol. The second-order valence-corrected chi connectivity index (χ2v) is 7.07. The fourth-order valence-corrected chi connectivity index (χ4v) is 3.05. The molecule has 0 heterocycles. The summed E-state index contributed by atoms with van der Waals surface area (Å²) in [7, 11) is 1.56. The summed E-state index contributed by atoms with van der Waals surface area (Å²) in [5, 5.41) is 10.9. The Morgan fingerprint density at radius 3 is 2.56 bits per heavy atom. The molecular weight excluding hydrogens is 446 g/mol. The van der Waals surface area contributed by atoms with Gasteiger partial charge in [-0.05, 0) is 38.0 Å². The van der Waals surface area contributed by atoms with Gasteiger partial charge in [-0.25, -0.2) is 0 Å². The van der Waals surface area contributed by atoms with Crippen LogP contribution < -0.4 is 9.47 Å². The molecule has 1 unspecified atom stereocenters. The zero-order chi connectivity index (χ0) is 24.8. The monoisotopic (exact) mass is 475 g/mol. The summed E-state index contributed by atoms with van der Waals surface area (Å²) in [6.45, 7) is 2.64. The molecule has 1 atom stereocenters. The third-order valence-corrected chi connectivity index (χ3v) is 4.70. The summed E-state index contributed by atoms with van der Waals surface area (Å²) in [6, 6.07) is 12.4. The molecule has 0 aromatic heterocycles. The number of carbonyl (C=O) groups excluding carboxylic acids is 2. The van der Waals surface area contributed by atoms with Gasteiger partial charge in [0.2, 0.25) is 0 Å². The number of nitrogens with zero attached hydrogens (tertiary/aromatic N) is 1. The van der Waals surface area contributed by atoms with Crippen molar-refractivity contribution in [3.05, 3.63) is 64.2 Å². The van der Waals surface area contributed by atoms with Crippen LogP contribution >= 0.6 is 0 Å². The summed E-state index contributed by atoms with van der Waals surface area (Å²) in [5.41, 5.74) is 0.162. The first-order valence-electron chi connectivity index (χ1n) is 10.8. The van der Waals surface area contributed by atoms with Gasteiger partial charge in [-0.2, -0.15) is 0 Å². The maximum atomic E-state index is 13.2. The highest BCUT2D eigenvalue weighted by Gasteiger charge is 2.30. The Balaban J connectivity index is 2.02. The number of esters is 1. The minimum atomic E-state index is -1.05. The van der Waals surface area contributed by atoms with E-state index in [1.165, 1.54) is 18.2 Å². The highest BCUT2D eigenvalue weighted by molar-refractivity contribution is 6.10. The first-order chi connectivity index (χ1) is 16.5. The summed E-state index contributed by atoms with van der Waals surface area (Å²) in [5.74, 6) is -1.48. The topological polar surface area (TPSA) is 123 Å². The van der Waals surface area contributed by atoms with Crippen LogP contribution in [0.2, 0.25) is 0 Å². The first-order valence-corrected chi connectivity index (χ1v) is 10.8. The molecule has 2 rings (SSSR count). The molecule has 0 bridgehead atoms. The number of carbonyl (C=O) groups is 2. The van der Waals surface area contributed by atoms with E-state index in [4.69, 9.17) is 23.7 Å². The summed E-state index contributed by atoms with van der Waals surface area (Å²) in [4.78, 5) is 36.2. The average molecular weight is 475 g/mol. The number of nitro benzene ring substituents is 1. The van der Waals surface area contributed by atoms with Crippen molar-refractivity contribution >= 4 is 17.4 Å². The maximum absolute atomic E-state index is 13.2. The SMILES string of the molecule is CCOC(=O)C(CCCOc1cccc([N+](=O)[O-])c1)C(=O)c1ccccc1OCOCCOC. The second-order valence-electron chi connectivity index (χ2n) is 7.07. The van der Waals surface area contributed by atoms with Crippen LogP contribution in [0.1, 0.15) is 30.1 Å². The van der Waals surface area contributed by atoms with Crippen molar-refractivity contribution in [2.75, 3.05) is 40.3 Å². The van der Waals surface area contributed by atoms with Crippen molar-refractivity contribution in [3.8, 4) is 11.5 Å². The third kappa shape index (κ3) is 8.45. The molecule has 10 nitrogen and oxygen atoms in total. The molecule has 0 saturated heterocycles. The van der Waals surface area contributed by atoms with Gasteiger partial charge in [0.1, 0.15) is 17.4 Å². The van der Waals surface area contributed by atoms with E-state index in [-0.39, 0.29) is 37.7 Å². The van der Waals surface area contributed by atoms with Crippen LogP contribution in [0.5, 0.6) is 11.5 Å².